The highest BCUT2D eigenvalue weighted by Crippen LogP contribution is 2.30. The average Bonchev–Trinajstić information content (AvgIpc) is 3.12. The van der Waals surface area contributed by atoms with Gasteiger partial charge in [0.15, 0.2) is 0 Å². The van der Waals surface area contributed by atoms with E-state index in [2.05, 4.69) is 5.32 Å². The van der Waals surface area contributed by atoms with Gasteiger partial charge in [-0.15, -0.1) is 0 Å². The van der Waals surface area contributed by atoms with E-state index in [1.54, 1.807) is 7.11 Å². The highest BCUT2D eigenvalue weighted by Gasteiger charge is 2.29. The standard InChI is InChI=1S/C20H24N2O4S/c1-26-19-9-5-3-7-17(19)10-13-21-20(23)12-15-27(24,25)22-14-11-16-6-2-4-8-18(16)22/h2-9H,10-15H2,1H3,(H,21,23). The Kier molecular flexibility index (Phi) is 6.01. The van der Waals surface area contributed by atoms with Crippen molar-refractivity contribution in [1.29, 1.82) is 0 Å². The molecule has 2 aromatic carbocycles. The molecule has 0 saturated carbocycles. The SMILES string of the molecule is COc1ccccc1CCNC(=O)CCS(=O)(=O)N1CCc2ccccc21. The molecule has 1 N–H and O–H groups in total. The predicted octanol–water partition coefficient (Wildman–Crippen LogP) is 2.14. The fourth-order valence-corrected chi connectivity index (χ4v) is 4.77. The van der Waals surface area contributed by atoms with Crippen LogP contribution in [-0.2, 0) is 27.7 Å². The largest absolute Gasteiger partial charge is 0.496 e. The number of hydrogen-bond acceptors (Lipinski definition) is 4. The second-order valence-electron chi connectivity index (χ2n) is 6.43. The van der Waals surface area contributed by atoms with Gasteiger partial charge < -0.3 is 10.1 Å². The van der Waals surface area contributed by atoms with Crippen LogP contribution in [0.15, 0.2) is 48.5 Å². The second-order valence-corrected chi connectivity index (χ2v) is 8.44. The predicted molar refractivity (Wildman–Crippen MR) is 106 cm³/mol. The number of carbonyl (C=O) groups is 1. The Morgan fingerprint density at radius 1 is 1.15 bits per heavy atom. The maximum absolute atomic E-state index is 12.6. The lowest BCUT2D eigenvalue weighted by Crippen LogP contribution is -2.34. The number of nitrogens with one attached hydrogen (secondary N) is 1. The van der Waals surface area contributed by atoms with Gasteiger partial charge in [0.2, 0.25) is 15.9 Å². The Hall–Kier alpha value is -2.54. The van der Waals surface area contributed by atoms with Gasteiger partial charge >= 0.3 is 0 Å². The molecule has 0 bridgehead atoms. The number of rotatable bonds is 8. The van der Waals surface area contributed by atoms with Crippen LogP contribution in [0.5, 0.6) is 5.75 Å². The van der Waals surface area contributed by atoms with Gasteiger partial charge in [0.05, 0.1) is 18.6 Å². The van der Waals surface area contributed by atoms with Crippen LogP contribution in [0.1, 0.15) is 17.5 Å². The second kappa shape index (κ2) is 8.43. The molecule has 0 radical (unpaired) electrons. The summed E-state index contributed by atoms with van der Waals surface area (Å²) in [6, 6.07) is 15.1. The van der Waals surface area contributed by atoms with Crippen molar-refractivity contribution in [3.8, 4) is 5.75 Å². The minimum atomic E-state index is -3.50. The summed E-state index contributed by atoms with van der Waals surface area (Å²) in [5, 5.41) is 2.79. The Labute approximate surface area is 160 Å². The highest BCUT2D eigenvalue weighted by molar-refractivity contribution is 7.92. The van der Waals surface area contributed by atoms with Gasteiger partial charge in [0.1, 0.15) is 5.75 Å². The smallest absolute Gasteiger partial charge is 0.235 e. The van der Waals surface area contributed by atoms with Crippen molar-refractivity contribution in [3.63, 3.8) is 0 Å². The van der Waals surface area contributed by atoms with Crippen molar-refractivity contribution in [2.24, 2.45) is 0 Å². The van der Waals surface area contributed by atoms with E-state index >= 15 is 0 Å². The molecule has 1 aliphatic rings. The number of sulfonamides is 1. The van der Waals surface area contributed by atoms with Crippen LogP contribution in [0, 0.1) is 0 Å². The number of benzene rings is 2. The molecule has 1 aliphatic heterocycles. The molecule has 3 rings (SSSR count). The number of carbonyl (C=O) groups excluding carboxylic acids is 1. The normalized spacial score (nSPS) is 13.3. The third kappa shape index (κ3) is 4.60. The molecule has 6 nitrogen and oxygen atoms in total. The van der Waals surface area contributed by atoms with Gasteiger partial charge in [-0.2, -0.15) is 0 Å². The Bertz CT molecular complexity index is 912. The Morgan fingerprint density at radius 3 is 2.70 bits per heavy atom. The molecule has 0 atom stereocenters. The molecular formula is C20H24N2O4S. The van der Waals surface area contributed by atoms with Crippen LogP contribution in [0.2, 0.25) is 0 Å². The first-order valence-electron chi connectivity index (χ1n) is 8.98. The number of ether oxygens (including phenoxy) is 1. The van der Waals surface area contributed by atoms with Crippen molar-refractivity contribution in [2.75, 3.05) is 30.3 Å². The molecule has 0 aromatic heterocycles. The van der Waals surface area contributed by atoms with E-state index in [4.69, 9.17) is 4.74 Å². The van der Waals surface area contributed by atoms with Gasteiger partial charge in [-0.3, -0.25) is 9.10 Å². The van der Waals surface area contributed by atoms with E-state index in [-0.39, 0.29) is 18.1 Å². The average molecular weight is 388 g/mol. The van der Waals surface area contributed by atoms with Crippen molar-refractivity contribution >= 4 is 21.6 Å². The quantitative estimate of drug-likeness (QED) is 0.752. The molecule has 2 aromatic rings. The lowest BCUT2D eigenvalue weighted by molar-refractivity contribution is -0.120. The zero-order chi connectivity index (χ0) is 19.3. The maximum atomic E-state index is 12.6. The third-order valence-corrected chi connectivity index (χ3v) is 6.45. The van der Waals surface area contributed by atoms with Crippen molar-refractivity contribution < 1.29 is 17.9 Å². The molecule has 0 aliphatic carbocycles. The monoisotopic (exact) mass is 388 g/mol. The van der Waals surface area contributed by atoms with Crippen molar-refractivity contribution in [3.05, 3.63) is 59.7 Å². The number of hydrogen-bond donors (Lipinski definition) is 1. The molecule has 0 fully saturated rings. The van der Waals surface area contributed by atoms with Crippen molar-refractivity contribution in [1.82, 2.24) is 5.32 Å². The highest BCUT2D eigenvalue weighted by atomic mass is 32.2. The van der Waals surface area contributed by atoms with E-state index in [0.29, 0.717) is 25.9 Å². The van der Waals surface area contributed by atoms with E-state index in [1.165, 1.54) is 4.31 Å². The lowest BCUT2D eigenvalue weighted by atomic mass is 10.1. The van der Waals surface area contributed by atoms with Gasteiger partial charge in [-0.1, -0.05) is 36.4 Å². The third-order valence-electron chi connectivity index (χ3n) is 4.68. The fraction of sp³-hybridized carbons (Fsp3) is 0.350. The molecule has 144 valence electrons. The summed E-state index contributed by atoms with van der Waals surface area (Å²) in [6.45, 7) is 0.878. The summed E-state index contributed by atoms with van der Waals surface area (Å²) in [4.78, 5) is 12.1. The summed E-state index contributed by atoms with van der Waals surface area (Å²) in [5.74, 6) is 0.324. The molecule has 0 spiro atoms. The van der Waals surface area contributed by atoms with Crippen LogP contribution >= 0.6 is 0 Å². The Morgan fingerprint density at radius 2 is 1.89 bits per heavy atom. The zero-order valence-corrected chi connectivity index (χ0v) is 16.2. The molecule has 27 heavy (non-hydrogen) atoms. The number of para-hydroxylation sites is 2. The van der Waals surface area contributed by atoms with Crippen LogP contribution in [0.4, 0.5) is 5.69 Å². The van der Waals surface area contributed by atoms with Crippen LogP contribution in [0.3, 0.4) is 0 Å². The summed E-state index contributed by atoms with van der Waals surface area (Å²) in [6.07, 6.45) is 1.29. The summed E-state index contributed by atoms with van der Waals surface area (Å²) >= 11 is 0. The number of fused-ring (bicyclic) bond motifs is 1. The molecule has 7 heteroatoms. The van der Waals surface area contributed by atoms with Gasteiger partial charge in [0, 0.05) is 19.5 Å². The number of methoxy groups -OCH3 is 1. The zero-order valence-electron chi connectivity index (χ0n) is 15.3. The van der Waals surface area contributed by atoms with E-state index in [0.717, 1.165) is 22.6 Å². The fourth-order valence-electron chi connectivity index (χ4n) is 3.26. The summed E-state index contributed by atoms with van der Waals surface area (Å²) in [5.41, 5.74) is 2.76. The molecule has 0 unspecified atom stereocenters. The van der Waals surface area contributed by atoms with E-state index < -0.39 is 10.0 Å². The molecule has 1 amide bonds. The van der Waals surface area contributed by atoms with Crippen LogP contribution in [-0.4, -0.2) is 40.3 Å². The summed E-state index contributed by atoms with van der Waals surface area (Å²) < 4.78 is 31.9. The lowest BCUT2D eigenvalue weighted by Gasteiger charge is -2.19. The first-order valence-corrected chi connectivity index (χ1v) is 10.6. The van der Waals surface area contributed by atoms with Crippen LogP contribution in [0.25, 0.3) is 0 Å². The number of nitrogens with zero attached hydrogens (tertiary/aromatic N) is 1. The maximum Gasteiger partial charge on any atom is 0.235 e. The van der Waals surface area contributed by atoms with Crippen LogP contribution < -0.4 is 14.4 Å². The molecule has 1 heterocycles. The van der Waals surface area contributed by atoms with Gasteiger partial charge in [-0.25, -0.2) is 8.42 Å². The molecular weight excluding hydrogens is 364 g/mol. The topological polar surface area (TPSA) is 75.7 Å². The van der Waals surface area contributed by atoms with E-state index in [1.807, 2.05) is 48.5 Å². The Balaban J connectivity index is 1.49. The first kappa shape index (κ1) is 19.2. The minimum Gasteiger partial charge on any atom is -0.496 e. The molecule has 0 saturated heterocycles. The number of anilines is 1. The van der Waals surface area contributed by atoms with Gasteiger partial charge in [0.25, 0.3) is 0 Å². The van der Waals surface area contributed by atoms with Gasteiger partial charge in [-0.05, 0) is 36.1 Å². The van der Waals surface area contributed by atoms with Crippen molar-refractivity contribution in [2.45, 2.75) is 19.3 Å². The minimum absolute atomic E-state index is 0.0487. The first-order chi connectivity index (χ1) is 13.0. The van der Waals surface area contributed by atoms with E-state index in [9.17, 15) is 13.2 Å². The number of amides is 1. The summed E-state index contributed by atoms with van der Waals surface area (Å²) in [7, 11) is -1.89.